The lowest BCUT2D eigenvalue weighted by molar-refractivity contribution is 0.151. The first kappa shape index (κ1) is 14.9. The summed E-state index contributed by atoms with van der Waals surface area (Å²) in [5.41, 5.74) is 2.95. The zero-order chi connectivity index (χ0) is 14.2. The molecular weight excluding hydrogens is 316 g/mol. The molecule has 2 rings (SSSR count). The summed E-state index contributed by atoms with van der Waals surface area (Å²) in [6, 6.07) is 15.8. The summed E-state index contributed by atoms with van der Waals surface area (Å²) < 4.78 is 6.37. The van der Waals surface area contributed by atoms with Crippen molar-refractivity contribution in [2.75, 3.05) is 13.2 Å². The molecule has 20 heavy (non-hydrogen) atoms. The third-order valence-electron chi connectivity index (χ3n) is 2.78. The number of benzene rings is 2. The molecule has 2 aromatic carbocycles. The first-order valence-corrected chi connectivity index (χ1v) is 7.41. The van der Waals surface area contributed by atoms with Crippen molar-refractivity contribution < 1.29 is 4.74 Å². The first-order valence-electron chi connectivity index (χ1n) is 6.62. The van der Waals surface area contributed by atoms with E-state index in [2.05, 4.69) is 38.3 Å². The van der Waals surface area contributed by atoms with Gasteiger partial charge in [0.1, 0.15) is 0 Å². The number of nitrogens with zero attached hydrogens (tertiary/aromatic N) is 2. The maximum atomic E-state index is 5.34. The van der Waals surface area contributed by atoms with E-state index in [-0.39, 0.29) is 0 Å². The van der Waals surface area contributed by atoms with Gasteiger partial charge in [0.05, 0.1) is 18.0 Å². The minimum Gasteiger partial charge on any atom is -0.381 e. The third kappa shape index (κ3) is 4.87. The summed E-state index contributed by atoms with van der Waals surface area (Å²) in [6.07, 6.45) is 0.929. The molecule has 0 aliphatic carbocycles. The highest BCUT2D eigenvalue weighted by molar-refractivity contribution is 9.10. The summed E-state index contributed by atoms with van der Waals surface area (Å²) in [5.74, 6) is 0. The molecule has 0 amide bonds. The summed E-state index contributed by atoms with van der Waals surface area (Å²) in [7, 11) is 0. The number of rotatable bonds is 6. The Morgan fingerprint density at radius 3 is 2.00 bits per heavy atom. The molecule has 0 N–H and O–H groups in total. The molecule has 0 aliphatic rings. The lowest BCUT2D eigenvalue weighted by Crippen LogP contribution is -1.97. The van der Waals surface area contributed by atoms with Crippen LogP contribution in [0.5, 0.6) is 0 Å². The van der Waals surface area contributed by atoms with Gasteiger partial charge in [0.15, 0.2) is 0 Å². The molecule has 0 unspecified atom stereocenters. The Labute approximate surface area is 127 Å². The Balaban J connectivity index is 1.94. The average Bonchev–Trinajstić information content (AvgIpc) is 2.48. The maximum Gasteiger partial charge on any atom is 0.0857 e. The third-order valence-corrected chi connectivity index (χ3v) is 3.31. The van der Waals surface area contributed by atoms with Crippen LogP contribution in [-0.2, 0) is 11.2 Å². The van der Waals surface area contributed by atoms with Gasteiger partial charge in [-0.2, -0.15) is 10.2 Å². The Morgan fingerprint density at radius 2 is 1.45 bits per heavy atom. The van der Waals surface area contributed by atoms with Crippen LogP contribution < -0.4 is 0 Å². The van der Waals surface area contributed by atoms with Crippen molar-refractivity contribution in [1.29, 1.82) is 0 Å². The first-order chi connectivity index (χ1) is 9.78. The van der Waals surface area contributed by atoms with Crippen LogP contribution in [0.15, 0.2) is 63.2 Å². The smallest absolute Gasteiger partial charge is 0.0857 e. The zero-order valence-corrected chi connectivity index (χ0v) is 13.0. The van der Waals surface area contributed by atoms with Crippen molar-refractivity contribution >= 4 is 27.3 Å². The number of hydrogen-bond acceptors (Lipinski definition) is 3. The number of ether oxygens (including phenoxy) is 1. The molecule has 0 atom stereocenters. The van der Waals surface area contributed by atoms with Gasteiger partial charge < -0.3 is 4.74 Å². The van der Waals surface area contributed by atoms with Crippen LogP contribution in [0, 0.1) is 0 Å². The maximum absolute atomic E-state index is 5.34. The van der Waals surface area contributed by atoms with Gasteiger partial charge in [0.2, 0.25) is 0 Å². The van der Waals surface area contributed by atoms with E-state index in [9.17, 15) is 0 Å². The number of halogens is 1. The molecule has 0 radical (unpaired) electrons. The van der Waals surface area contributed by atoms with Gasteiger partial charge in [-0.1, -0.05) is 28.1 Å². The quantitative estimate of drug-likeness (QED) is 0.512. The average molecular weight is 333 g/mol. The van der Waals surface area contributed by atoms with E-state index in [0.717, 1.165) is 35.5 Å². The van der Waals surface area contributed by atoms with Crippen molar-refractivity contribution in [2.24, 2.45) is 10.2 Å². The molecule has 0 aliphatic heterocycles. The molecule has 0 heterocycles. The Morgan fingerprint density at radius 1 is 0.900 bits per heavy atom. The van der Waals surface area contributed by atoms with Crippen LogP contribution >= 0.6 is 15.9 Å². The fraction of sp³-hybridized carbons (Fsp3) is 0.250. The molecule has 2 aromatic rings. The normalized spacial score (nSPS) is 11.1. The summed E-state index contributed by atoms with van der Waals surface area (Å²) in [6.45, 7) is 3.53. The zero-order valence-electron chi connectivity index (χ0n) is 11.4. The van der Waals surface area contributed by atoms with Crippen LogP contribution in [0.1, 0.15) is 12.5 Å². The van der Waals surface area contributed by atoms with Gasteiger partial charge in [-0.25, -0.2) is 0 Å². The SMILES string of the molecule is CCOCCc1ccc(N=Nc2ccc(Br)cc2)cc1. The van der Waals surface area contributed by atoms with Crippen LogP contribution in [0.4, 0.5) is 11.4 Å². The largest absolute Gasteiger partial charge is 0.381 e. The van der Waals surface area contributed by atoms with Crippen molar-refractivity contribution in [3.8, 4) is 0 Å². The van der Waals surface area contributed by atoms with Crippen molar-refractivity contribution in [2.45, 2.75) is 13.3 Å². The molecule has 0 bridgehead atoms. The minimum absolute atomic E-state index is 0.760. The van der Waals surface area contributed by atoms with Crippen molar-refractivity contribution in [3.63, 3.8) is 0 Å². The van der Waals surface area contributed by atoms with Crippen LogP contribution in [-0.4, -0.2) is 13.2 Å². The predicted molar refractivity (Wildman–Crippen MR) is 85.0 cm³/mol. The standard InChI is InChI=1S/C16H17BrN2O/c1-2-20-12-11-13-3-7-15(8-4-13)18-19-16-9-5-14(17)6-10-16/h3-10H,2,11-12H2,1H3. The van der Waals surface area contributed by atoms with E-state index < -0.39 is 0 Å². The van der Waals surface area contributed by atoms with E-state index in [4.69, 9.17) is 4.74 Å². The van der Waals surface area contributed by atoms with Crippen LogP contribution in [0.25, 0.3) is 0 Å². The van der Waals surface area contributed by atoms with Crippen molar-refractivity contribution in [1.82, 2.24) is 0 Å². The monoisotopic (exact) mass is 332 g/mol. The second kappa shape index (κ2) is 7.92. The molecule has 0 aromatic heterocycles. The van der Waals surface area contributed by atoms with Gasteiger partial charge in [0.25, 0.3) is 0 Å². The molecule has 3 nitrogen and oxygen atoms in total. The Hall–Kier alpha value is -1.52. The molecule has 0 fully saturated rings. The highest BCUT2D eigenvalue weighted by Crippen LogP contribution is 2.20. The molecule has 104 valence electrons. The topological polar surface area (TPSA) is 34.0 Å². The van der Waals surface area contributed by atoms with Crippen LogP contribution in [0.3, 0.4) is 0 Å². The predicted octanol–water partition coefficient (Wildman–Crippen LogP) is 5.44. The molecule has 0 saturated heterocycles. The fourth-order valence-corrected chi connectivity index (χ4v) is 1.95. The Bertz CT molecular complexity index is 550. The van der Waals surface area contributed by atoms with Gasteiger partial charge in [-0.05, 0) is 55.3 Å². The van der Waals surface area contributed by atoms with Gasteiger partial charge in [-0.3, -0.25) is 0 Å². The second-order valence-electron chi connectivity index (χ2n) is 4.29. The minimum atomic E-state index is 0.760. The second-order valence-corrected chi connectivity index (χ2v) is 5.21. The summed E-state index contributed by atoms with van der Waals surface area (Å²) >= 11 is 3.39. The highest BCUT2D eigenvalue weighted by Gasteiger charge is 1.95. The number of hydrogen-bond donors (Lipinski definition) is 0. The van der Waals surface area contributed by atoms with E-state index >= 15 is 0 Å². The van der Waals surface area contributed by atoms with Crippen LogP contribution in [0.2, 0.25) is 0 Å². The molecule has 0 spiro atoms. The highest BCUT2D eigenvalue weighted by atomic mass is 79.9. The van der Waals surface area contributed by atoms with Gasteiger partial charge in [-0.15, -0.1) is 0 Å². The molecular formula is C16H17BrN2O. The Kier molecular flexibility index (Phi) is 5.89. The molecule has 4 heteroatoms. The van der Waals surface area contributed by atoms with Crippen molar-refractivity contribution in [3.05, 3.63) is 58.6 Å². The summed E-state index contributed by atoms with van der Waals surface area (Å²) in [4.78, 5) is 0. The van der Waals surface area contributed by atoms with E-state index in [1.54, 1.807) is 0 Å². The van der Waals surface area contributed by atoms with E-state index in [0.29, 0.717) is 0 Å². The molecule has 0 saturated carbocycles. The summed E-state index contributed by atoms with van der Waals surface area (Å²) in [5, 5.41) is 8.42. The van der Waals surface area contributed by atoms with E-state index in [1.807, 2.05) is 43.3 Å². The van der Waals surface area contributed by atoms with Gasteiger partial charge >= 0.3 is 0 Å². The fourth-order valence-electron chi connectivity index (χ4n) is 1.69. The lowest BCUT2D eigenvalue weighted by atomic mass is 10.1. The number of azo groups is 1. The van der Waals surface area contributed by atoms with Gasteiger partial charge in [0, 0.05) is 11.1 Å². The van der Waals surface area contributed by atoms with E-state index in [1.165, 1.54) is 5.56 Å². The lowest BCUT2D eigenvalue weighted by Gasteiger charge is -2.01.